The Labute approximate surface area is 111 Å². The van der Waals surface area contributed by atoms with Crippen molar-refractivity contribution in [3.05, 3.63) is 11.8 Å². The average molecular weight is 261 g/mol. The van der Waals surface area contributed by atoms with E-state index in [2.05, 4.69) is 32.2 Å². The van der Waals surface area contributed by atoms with Crippen molar-refractivity contribution in [1.82, 2.24) is 24.9 Å². The van der Waals surface area contributed by atoms with Crippen molar-refractivity contribution in [2.24, 2.45) is 0 Å². The second kappa shape index (κ2) is 4.65. The maximum Gasteiger partial charge on any atom is 0.232 e. The molecule has 1 aliphatic heterocycles. The van der Waals surface area contributed by atoms with E-state index in [1.807, 2.05) is 6.92 Å². The Bertz CT molecular complexity index is 591. The van der Waals surface area contributed by atoms with E-state index in [4.69, 9.17) is 5.73 Å². The standard InChI is InChI=1S/C12H19N7/c1-3-9-7-14-4-5-18(9)12-17-11(13)16-10-8(2)6-15-19(10)12/h6,9,14H,3-5,7H2,1-2H3,(H2,13,16)/t9-/m0/s1. The van der Waals surface area contributed by atoms with Crippen LogP contribution in [0, 0.1) is 6.92 Å². The molecular weight excluding hydrogens is 242 g/mol. The highest BCUT2D eigenvalue weighted by Crippen LogP contribution is 2.20. The monoisotopic (exact) mass is 261 g/mol. The molecule has 7 heteroatoms. The van der Waals surface area contributed by atoms with Gasteiger partial charge in [0.15, 0.2) is 5.65 Å². The number of hydrogen-bond acceptors (Lipinski definition) is 6. The molecule has 102 valence electrons. The molecule has 0 aliphatic carbocycles. The van der Waals surface area contributed by atoms with Crippen LogP contribution in [0.25, 0.3) is 5.65 Å². The number of piperazine rings is 1. The first-order chi connectivity index (χ1) is 9.20. The molecule has 0 bridgehead atoms. The zero-order valence-electron chi connectivity index (χ0n) is 11.3. The molecule has 0 spiro atoms. The Morgan fingerprint density at radius 2 is 2.32 bits per heavy atom. The zero-order valence-corrected chi connectivity index (χ0v) is 11.3. The zero-order chi connectivity index (χ0) is 13.4. The normalized spacial score (nSPS) is 20.1. The third kappa shape index (κ3) is 1.99. The van der Waals surface area contributed by atoms with Gasteiger partial charge in [0.05, 0.1) is 6.20 Å². The third-order valence-corrected chi connectivity index (χ3v) is 3.62. The minimum absolute atomic E-state index is 0.305. The largest absolute Gasteiger partial charge is 0.368 e. The number of hydrogen-bond donors (Lipinski definition) is 2. The van der Waals surface area contributed by atoms with Crippen LogP contribution in [0.2, 0.25) is 0 Å². The average Bonchev–Trinajstić information content (AvgIpc) is 2.79. The number of rotatable bonds is 2. The predicted octanol–water partition coefficient (Wildman–Crippen LogP) is 0.203. The summed E-state index contributed by atoms with van der Waals surface area (Å²) >= 11 is 0. The van der Waals surface area contributed by atoms with E-state index in [1.165, 1.54) is 0 Å². The first kappa shape index (κ1) is 12.2. The van der Waals surface area contributed by atoms with Crippen LogP contribution in [0.3, 0.4) is 0 Å². The third-order valence-electron chi connectivity index (χ3n) is 3.62. The molecule has 0 saturated carbocycles. The summed E-state index contributed by atoms with van der Waals surface area (Å²) < 4.78 is 1.79. The lowest BCUT2D eigenvalue weighted by Gasteiger charge is -2.36. The van der Waals surface area contributed by atoms with Gasteiger partial charge in [-0.2, -0.15) is 19.6 Å². The summed E-state index contributed by atoms with van der Waals surface area (Å²) in [7, 11) is 0. The predicted molar refractivity (Wildman–Crippen MR) is 74.2 cm³/mol. The molecule has 3 heterocycles. The maximum absolute atomic E-state index is 5.84. The van der Waals surface area contributed by atoms with Gasteiger partial charge in [-0.15, -0.1) is 0 Å². The van der Waals surface area contributed by atoms with Gasteiger partial charge in [-0.3, -0.25) is 0 Å². The number of nitrogens with two attached hydrogens (primary N) is 1. The van der Waals surface area contributed by atoms with Crippen LogP contribution in [0.1, 0.15) is 18.9 Å². The van der Waals surface area contributed by atoms with Gasteiger partial charge in [0.2, 0.25) is 11.9 Å². The van der Waals surface area contributed by atoms with E-state index < -0.39 is 0 Å². The van der Waals surface area contributed by atoms with E-state index in [1.54, 1.807) is 10.7 Å². The van der Waals surface area contributed by atoms with Crippen LogP contribution >= 0.6 is 0 Å². The minimum Gasteiger partial charge on any atom is -0.368 e. The molecule has 3 N–H and O–H groups in total. The second-order valence-corrected chi connectivity index (χ2v) is 4.90. The quantitative estimate of drug-likeness (QED) is 0.803. The number of anilines is 2. The van der Waals surface area contributed by atoms with Crippen LogP contribution < -0.4 is 16.0 Å². The first-order valence-electron chi connectivity index (χ1n) is 6.66. The lowest BCUT2D eigenvalue weighted by molar-refractivity contribution is 0.456. The number of fused-ring (bicyclic) bond motifs is 1. The second-order valence-electron chi connectivity index (χ2n) is 4.90. The molecule has 3 rings (SSSR count). The number of nitrogen functional groups attached to an aromatic ring is 1. The molecule has 7 nitrogen and oxygen atoms in total. The Morgan fingerprint density at radius 3 is 3.11 bits per heavy atom. The topological polar surface area (TPSA) is 84.4 Å². The number of nitrogens with zero attached hydrogens (tertiary/aromatic N) is 5. The fourth-order valence-electron chi connectivity index (χ4n) is 2.56. The highest BCUT2D eigenvalue weighted by atomic mass is 15.4. The molecule has 2 aromatic heterocycles. The smallest absolute Gasteiger partial charge is 0.232 e. The molecule has 1 fully saturated rings. The molecule has 19 heavy (non-hydrogen) atoms. The molecule has 1 atom stereocenters. The molecule has 0 aromatic carbocycles. The fourth-order valence-corrected chi connectivity index (χ4v) is 2.56. The van der Waals surface area contributed by atoms with Crippen molar-refractivity contribution < 1.29 is 0 Å². The van der Waals surface area contributed by atoms with E-state index >= 15 is 0 Å². The van der Waals surface area contributed by atoms with Gasteiger partial charge in [0.25, 0.3) is 0 Å². The van der Waals surface area contributed by atoms with E-state index in [-0.39, 0.29) is 0 Å². The fraction of sp³-hybridized carbons (Fsp3) is 0.583. The highest BCUT2D eigenvalue weighted by Gasteiger charge is 2.25. The van der Waals surface area contributed by atoms with Gasteiger partial charge >= 0.3 is 0 Å². The summed E-state index contributed by atoms with van der Waals surface area (Å²) in [5.74, 6) is 1.10. The van der Waals surface area contributed by atoms with E-state index in [0.717, 1.165) is 43.2 Å². The SMILES string of the molecule is CC[C@H]1CNCCN1c1nc(N)nc2c(C)cnn12. The van der Waals surface area contributed by atoms with Gasteiger partial charge in [-0.25, -0.2) is 0 Å². The lowest BCUT2D eigenvalue weighted by atomic mass is 10.1. The summed E-state index contributed by atoms with van der Waals surface area (Å²) in [4.78, 5) is 10.9. The first-order valence-corrected chi connectivity index (χ1v) is 6.66. The van der Waals surface area contributed by atoms with Gasteiger partial charge in [-0.1, -0.05) is 6.92 Å². The Kier molecular flexibility index (Phi) is 2.98. The molecule has 0 radical (unpaired) electrons. The summed E-state index contributed by atoms with van der Waals surface area (Å²) in [5, 5.41) is 7.78. The van der Waals surface area contributed by atoms with Crippen LogP contribution in [0.5, 0.6) is 0 Å². The van der Waals surface area contributed by atoms with E-state index in [9.17, 15) is 0 Å². The number of aryl methyl sites for hydroxylation is 1. The Morgan fingerprint density at radius 1 is 1.47 bits per heavy atom. The van der Waals surface area contributed by atoms with Crippen molar-refractivity contribution in [2.45, 2.75) is 26.3 Å². The highest BCUT2D eigenvalue weighted by molar-refractivity contribution is 5.54. The van der Waals surface area contributed by atoms with Crippen molar-refractivity contribution in [3.8, 4) is 0 Å². The summed E-state index contributed by atoms with van der Waals surface area (Å²) in [6, 6.07) is 0.413. The molecule has 0 unspecified atom stereocenters. The summed E-state index contributed by atoms with van der Waals surface area (Å²) in [6.45, 7) is 6.97. The van der Waals surface area contributed by atoms with Crippen LogP contribution in [-0.4, -0.2) is 45.3 Å². The molecule has 1 aliphatic rings. The number of aromatic nitrogens is 4. The van der Waals surface area contributed by atoms with Gasteiger partial charge in [-0.05, 0) is 13.3 Å². The van der Waals surface area contributed by atoms with Crippen molar-refractivity contribution in [3.63, 3.8) is 0 Å². The molecule has 0 amide bonds. The van der Waals surface area contributed by atoms with Crippen molar-refractivity contribution >= 4 is 17.5 Å². The van der Waals surface area contributed by atoms with Gasteiger partial charge in [0, 0.05) is 31.2 Å². The lowest BCUT2D eigenvalue weighted by Crippen LogP contribution is -2.52. The Hall–Kier alpha value is -1.89. The summed E-state index contributed by atoms with van der Waals surface area (Å²) in [6.07, 6.45) is 2.86. The van der Waals surface area contributed by atoms with Crippen molar-refractivity contribution in [1.29, 1.82) is 0 Å². The van der Waals surface area contributed by atoms with E-state index in [0.29, 0.717) is 12.0 Å². The van der Waals surface area contributed by atoms with Crippen LogP contribution in [0.15, 0.2) is 6.20 Å². The molecule has 1 saturated heterocycles. The minimum atomic E-state index is 0.305. The van der Waals surface area contributed by atoms with Gasteiger partial charge in [0.1, 0.15) is 0 Å². The van der Waals surface area contributed by atoms with Crippen LogP contribution in [-0.2, 0) is 0 Å². The molecule has 2 aromatic rings. The van der Waals surface area contributed by atoms with Crippen molar-refractivity contribution in [2.75, 3.05) is 30.3 Å². The van der Waals surface area contributed by atoms with Gasteiger partial charge < -0.3 is 16.0 Å². The summed E-state index contributed by atoms with van der Waals surface area (Å²) in [5.41, 5.74) is 7.64. The van der Waals surface area contributed by atoms with Crippen LogP contribution in [0.4, 0.5) is 11.9 Å². The Balaban J connectivity index is 2.12. The maximum atomic E-state index is 5.84. The molecular formula is C12H19N7. The number of nitrogens with one attached hydrogen (secondary N) is 1.